The predicted molar refractivity (Wildman–Crippen MR) is 78.2 cm³/mol. The highest BCUT2D eigenvalue weighted by atomic mass is 35.5. The molecule has 5 heteroatoms. The second kappa shape index (κ2) is 8.41. The van der Waals surface area contributed by atoms with E-state index in [9.17, 15) is 4.39 Å². The van der Waals surface area contributed by atoms with Crippen molar-refractivity contribution in [2.45, 2.75) is 20.4 Å². The highest BCUT2D eigenvalue weighted by Crippen LogP contribution is 2.21. The Bertz CT molecular complexity index is 435. The molecule has 0 aromatic heterocycles. The molecule has 0 radical (unpaired) electrons. The number of ether oxygens (including phenoxy) is 1. The number of rotatable bonds is 7. The molecule has 0 bridgehead atoms. The Balaban J connectivity index is 2.68. The zero-order valence-corrected chi connectivity index (χ0v) is 12.6. The van der Waals surface area contributed by atoms with Crippen LogP contribution in [0.15, 0.2) is 28.8 Å². The van der Waals surface area contributed by atoms with Crippen molar-refractivity contribution >= 4 is 23.2 Å². The summed E-state index contributed by atoms with van der Waals surface area (Å²) >= 11 is 11.2. The second-order valence-electron chi connectivity index (χ2n) is 4.62. The Morgan fingerprint density at radius 1 is 1.47 bits per heavy atom. The van der Waals surface area contributed by atoms with Gasteiger partial charge in [-0.2, -0.15) is 0 Å². The van der Waals surface area contributed by atoms with Crippen LogP contribution in [0.5, 0.6) is 5.75 Å². The first-order chi connectivity index (χ1) is 9.02. The van der Waals surface area contributed by atoms with E-state index in [0.29, 0.717) is 23.2 Å². The van der Waals surface area contributed by atoms with Crippen LogP contribution in [0.4, 0.5) is 4.39 Å². The van der Waals surface area contributed by atoms with Crippen LogP contribution in [0, 0.1) is 11.7 Å². The van der Waals surface area contributed by atoms with Crippen molar-refractivity contribution in [3.05, 3.63) is 40.1 Å². The van der Waals surface area contributed by atoms with Crippen LogP contribution in [0.3, 0.4) is 0 Å². The molecule has 0 aliphatic rings. The van der Waals surface area contributed by atoms with Gasteiger partial charge < -0.3 is 10.1 Å². The maximum Gasteiger partial charge on any atom is 0.125 e. The molecule has 1 aromatic rings. The van der Waals surface area contributed by atoms with Crippen molar-refractivity contribution in [1.29, 1.82) is 0 Å². The zero-order valence-electron chi connectivity index (χ0n) is 11.1. The molecule has 0 amide bonds. The van der Waals surface area contributed by atoms with Gasteiger partial charge in [-0.3, -0.25) is 0 Å². The van der Waals surface area contributed by atoms with Gasteiger partial charge in [0.2, 0.25) is 0 Å². The van der Waals surface area contributed by atoms with E-state index < -0.39 is 0 Å². The smallest absolute Gasteiger partial charge is 0.125 e. The summed E-state index contributed by atoms with van der Waals surface area (Å²) in [6, 6.07) is 4.42. The molecule has 0 aliphatic carbocycles. The monoisotopic (exact) mass is 305 g/mol. The number of nitrogens with one attached hydrogen (secondary N) is 1. The van der Waals surface area contributed by atoms with Gasteiger partial charge in [-0.05, 0) is 30.7 Å². The Kier molecular flexibility index (Phi) is 7.21. The fraction of sp³-hybridized carbons (Fsp3) is 0.429. The third-order valence-electron chi connectivity index (χ3n) is 2.37. The normalized spacial score (nSPS) is 12.0. The van der Waals surface area contributed by atoms with Gasteiger partial charge in [0.05, 0.1) is 5.03 Å². The van der Waals surface area contributed by atoms with Crippen molar-refractivity contribution in [3.63, 3.8) is 0 Å². The Morgan fingerprint density at radius 3 is 2.84 bits per heavy atom. The molecule has 0 aliphatic heterocycles. The number of benzene rings is 1. The average molecular weight is 306 g/mol. The van der Waals surface area contributed by atoms with Gasteiger partial charge in [-0.25, -0.2) is 4.39 Å². The molecule has 106 valence electrons. The van der Waals surface area contributed by atoms with Crippen LogP contribution >= 0.6 is 23.2 Å². The predicted octanol–water partition coefficient (Wildman–Crippen LogP) is 4.27. The molecule has 0 saturated carbocycles. The summed E-state index contributed by atoms with van der Waals surface area (Å²) in [6.07, 6.45) is 0. The van der Waals surface area contributed by atoms with Crippen LogP contribution in [0.25, 0.3) is 0 Å². The summed E-state index contributed by atoms with van der Waals surface area (Å²) in [4.78, 5) is 0. The van der Waals surface area contributed by atoms with Crippen LogP contribution in [0.1, 0.15) is 19.4 Å². The first-order valence-electron chi connectivity index (χ1n) is 6.09. The molecule has 0 unspecified atom stereocenters. The molecular formula is C14H18Cl2FNO. The minimum Gasteiger partial charge on any atom is -0.488 e. The van der Waals surface area contributed by atoms with Gasteiger partial charge in [0.1, 0.15) is 18.2 Å². The van der Waals surface area contributed by atoms with E-state index in [1.54, 1.807) is 6.07 Å². The fourth-order valence-corrected chi connectivity index (χ4v) is 1.62. The topological polar surface area (TPSA) is 21.3 Å². The zero-order chi connectivity index (χ0) is 14.3. The third kappa shape index (κ3) is 6.28. The second-order valence-corrected chi connectivity index (χ2v) is 5.33. The van der Waals surface area contributed by atoms with E-state index in [4.69, 9.17) is 27.9 Å². The lowest BCUT2D eigenvalue weighted by Gasteiger charge is -2.13. The molecule has 0 atom stereocenters. The molecule has 0 saturated heterocycles. The fourth-order valence-electron chi connectivity index (χ4n) is 1.50. The van der Waals surface area contributed by atoms with E-state index in [1.807, 2.05) is 0 Å². The van der Waals surface area contributed by atoms with Crippen LogP contribution < -0.4 is 10.1 Å². The molecule has 1 rings (SSSR count). The van der Waals surface area contributed by atoms with E-state index in [-0.39, 0.29) is 12.4 Å². The van der Waals surface area contributed by atoms with Crippen molar-refractivity contribution in [2.24, 2.45) is 5.92 Å². The molecular weight excluding hydrogens is 288 g/mol. The van der Waals surface area contributed by atoms with Crippen molar-refractivity contribution < 1.29 is 9.13 Å². The van der Waals surface area contributed by atoms with Gasteiger partial charge in [0.25, 0.3) is 0 Å². The van der Waals surface area contributed by atoms with Crippen molar-refractivity contribution in [2.75, 3.05) is 13.2 Å². The lowest BCUT2D eigenvalue weighted by molar-refractivity contribution is 0.352. The largest absolute Gasteiger partial charge is 0.488 e. The molecule has 0 spiro atoms. The third-order valence-corrected chi connectivity index (χ3v) is 2.97. The lowest BCUT2D eigenvalue weighted by atomic mass is 10.1. The maximum atomic E-state index is 13.3. The first-order valence-corrected chi connectivity index (χ1v) is 6.91. The molecule has 1 aromatic carbocycles. The first kappa shape index (κ1) is 16.3. The van der Waals surface area contributed by atoms with Crippen LogP contribution in [-0.2, 0) is 6.54 Å². The highest BCUT2D eigenvalue weighted by molar-refractivity contribution is 6.36. The summed E-state index contributed by atoms with van der Waals surface area (Å²) in [5, 5.41) is 3.65. The summed E-state index contributed by atoms with van der Waals surface area (Å²) < 4.78 is 18.8. The Morgan fingerprint density at radius 2 is 2.21 bits per heavy atom. The molecule has 0 heterocycles. The number of halogens is 3. The van der Waals surface area contributed by atoms with Gasteiger partial charge in [0, 0.05) is 17.6 Å². The number of hydrogen-bond donors (Lipinski definition) is 1. The van der Waals surface area contributed by atoms with Gasteiger partial charge in [0.15, 0.2) is 0 Å². The van der Waals surface area contributed by atoms with E-state index in [1.165, 1.54) is 17.7 Å². The summed E-state index contributed by atoms with van der Waals surface area (Å²) in [7, 11) is 0. The molecule has 1 N–H and O–H groups in total. The summed E-state index contributed by atoms with van der Waals surface area (Å²) in [5.74, 6) is 0.855. The quantitative estimate of drug-likeness (QED) is 0.812. The van der Waals surface area contributed by atoms with E-state index in [0.717, 1.165) is 12.1 Å². The molecule has 2 nitrogen and oxygen atoms in total. The van der Waals surface area contributed by atoms with Crippen molar-refractivity contribution in [3.8, 4) is 5.75 Å². The number of hydrogen-bond acceptors (Lipinski definition) is 2. The molecule has 0 fully saturated rings. The minimum absolute atomic E-state index is 0.174. The van der Waals surface area contributed by atoms with Crippen molar-refractivity contribution in [1.82, 2.24) is 5.32 Å². The summed E-state index contributed by atoms with van der Waals surface area (Å²) in [6.45, 7) is 5.81. The Hall–Kier alpha value is -0.770. The minimum atomic E-state index is -0.285. The highest BCUT2D eigenvalue weighted by Gasteiger charge is 2.06. The Labute approximate surface area is 123 Å². The molecule has 19 heavy (non-hydrogen) atoms. The van der Waals surface area contributed by atoms with Gasteiger partial charge in [-0.15, -0.1) is 0 Å². The lowest BCUT2D eigenvalue weighted by Crippen LogP contribution is -2.19. The summed E-state index contributed by atoms with van der Waals surface area (Å²) in [5.41, 5.74) is 2.02. The van der Waals surface area contributed by atoms with E-state index >= 15 is 0 Å². The average Bonchev–Trinajstić information content (AvgIpc) is 2.37. The SMILES string of the molecule is CC(C)CNCc1cc(F)ccc1OC/C(Cl)=C/Cl. The van der Waals surface area contributed by atoms with Gasteiger partial charge in [-0.1, -0.05) is 37.0 Å². The maximum absolute atomic E-state index is 13.3. The standard InChI is InChI=1S/C14H18Cl2FNO/c1-10(2)7-18-8-11-5-13(17)3-4-14(11)19-9-12(16)6-15/h3-6,10,18H,7-9H2,1-2H3/b12-6-. The van der Waals surface area contributed by atoms with E-state index in [2.05, 4.69) is 19.2 Å². The van der Waals surface area contributed by atoms with Crippen LogP contribution in [-0.4, -0.2) is 13.2 Å². The van der Waals surface area contributed by atoms with Gasteiger partial charge >= 0.3 is 0 Å². The van der Waals surface area contributed by atoms with Crippen LogP contribution in [0.2, 0.25) is 0 Å².